The Kier molecular flexibility index (Phi) is 2.86. The van der Waals surface area contributed by atoms with Gasteiger partial charge in [0, 0.05) is 7.05 Å². The Morgan fingerprint density at radius 3 is 3.12 bits per heavy atom. The van der Waals surface area contributed by atoms with Crippen LogP contribution < -0.4 is 4.74 Å². The van der Waals surface area contributed by atoms with Gasteiger partial charge < -0.3 is 9.84 Å². The minimum absolute atomic E-state index is 0.196. The maximum Gasteiger partial charge on any atom is 0.349 e. The first-order valence-electron chi connectivity index (χ1n) is 4.45. The topological polar surface area (TPSA) is 77.2 Å². The summed E-state index contributed by atoms with van der Waals surface area (Å²) in [7, 11) is 1.75. The fraction of sp³-hybridized carbons (Fsp3) is 0.222. The van der Waals surface area contributed by atoms with Crippen molar-refractivity contribution in [2.75, 3.05) is 0 Å². The van der Waals surface area contributed by atoms with Crippen molar-refractivity contribution in [1.29, 1.82) is 0 Å². The van der Waals surface area contributed by atoms with Crippen molar-refractivity contribution in [2.45, 2.75) is 6.61 Å². The highest BCUT2D eigenvalue weighted by Gasteiger charge is 2.13. The predicted octanol–water partition coefficient (Wildman–Crippen LogP) is 1.15. The number of nitrogens with zero attached hydrogens (tertiary/aromatic N) is 3. The first-order valence-corrected chi connectivity index (χ1v) is 5.33. The summed E-state index contributed by atoms with van der Waals surface area (Å²) in [5.74, 6) is 0.0194. The number of thiophene rings is 1. The van der Waals surface area contributed by atoms with Gasteiger partial charge in [-0.3, -0.25) is 4.68 Å². The Hall–Kier alpha value is -1.89. The summed E-state index contributed by atoms with van der Waals surface area (Å²) in [5.41, 5.74) is 0. The number of aromatic carboxylic acids is 1. The van der Waals surface area contributed by atoms with Crippen molar-refractivity contribution >= 4 is 17.3 Å². The Bertz CT molecular complexity index is 506. The number of carboxylic acids is 1. The molecular formula is C9H9N3O3S. The van der Waals surface area contributed by atoms with E-state index in [2.05, 4.69) is 10.1 Å². The highest BCUT2D eigenvalue weighted by Crippen LogP contribution is 2.25. The second-order valence-corrected chi connectivity index (χ2v) is 3.92. The lowest BCUT2D eigenvalue weighted by Gasteiger charge is -2.04. The van der Waals surface area contributed by atoms with Crippen molar-refractivity contribution in [1.82, 2.24) is 14.8 Å². The standard InChI is InChI=1S/C9H9N3O3S/c1-12-7(10-5-11-12)4-15-6-2-3-16-8(6)9(13)14/h2-3,5H,4H2,1H3,(H,13,14). The average Bonchev–Trinajstić information content (AvgIpc) is 2.83. The Labute approximate surface area is 95.1 Å². The van der Waals surface area contributed by atoms with Gasteiger partial charge in [0.25, 0.3) is 0 Å². The van der Waals surface area contributed by atoms with Gasteiger partial charge in [0.15, 0.2) is 10.7 Å². The summed E-state index contributed by atoms with van der Waals surface area (Å²) in [4.78, 5) is 15.0. The quantitative estimate of drug-likeness (QED) is 0.866. The summed E-state index contributed by atoms with van der Waals surface area (Å²) in [6.07, 6.45) is 1.42. The van der Waals surface area contributed by atoms with Crippen molar-refractivity contribution in [2.24, 2.45) is 7.05 Å². The third kappa shape index (κ3) is 2.03. The summed E-state index contributed by atoms with van der Waals surface area (Å²) in [6.45, 7) is 0.202. The zero-order valence-corrected chi connectivity index (χ0v) is 9.27. The molecule has 0 aliphatic carbocycles. The lowest BCUT2D eigenvalue weighted by atomic mass is 10.4. The van der Waals surface area contributed by atoms with E-state index in [1.54, 1.807) is 23.2 Å². The number of aryl methyl sites for hydroxylation is 1. The van der Waals surface area contributed by atoms with E-state index in [0.29, 0.717) is 11.6 Å². The van der Waals surface area contributed by atoms with Crippen molar-refractivity contribution in [3.05, 3.63) is 28.5 Å². The lowest BCUT2D eigenvalue weighted by molar-refractivity contribution is 0.0697. The van der Waals surface area contributed by atoms with Crippen LogP contribution in [0.1, 0.15) is 15.5 Å². The van der Waals surface area contributed by atoms with Gasteiger partial charge in [0.05, 0.1) is 0 Å². The van der Waals surface area contributed by atoms with Crippen LogP contribution in [0.5, 0.6) is 5.75 Å². The molecule has 6 nitrogen and oxygen atoms in total. The molecule has 0 atom stereocenters. The van der Waals surface area contributed by atoms with Crippen LogP contribution in [-0.2, 0) is 13.7 Å². The molecule has 0 saturated heterocycles. The zero-order chi connectivity index (χ0) is 11.5. The molecule has 2 aromatic heterocycles. The number of hydrogen-bond acceptors (Lipinski definition) is 5. The highest BCUT2D eigenvalue weighted by molar-refractivity contribution is 7.12. The summed E-state index contributed by atoms with van der Waals surface area (Å²) in [6, 6.07) is 1.63. The molecule has 0 aliphatic rings. The van der Waals surface area contributed by atoms with Gasteiger partial charge in [0.1, 0.15) is 18.7 Å². The SMILES string of the molecule is Cn1ncnc1COc1ccsc1C(=O)O. The number of hydrogen-bond donors (Lipinski definition) is 1. The van der Waals surface area contributed by atoms with E-state index in [1.165, 1.54) is 6.33 Å². The second kappa shape index (κ2) is 4.31. The molecule has 0 unspecified atom stereocenters. The monoisotopic (exact) mass is 239 g/mol. The normalized spacial score (nSPS) is 10.3. The molecule has 0 saturated carbocycles. The first kappa shape index (κ1) is 10.6. The maximum absolute atomic E-state index is 10.8. The van der Waals surface area contributed by atoms with Gasteiger partial charge in [-0.05, 0) is 11.4 Å². The van der Waals surface area contributed by atoms with E-state index in [9.17, 15) is 4.79 Å². The number of carboxylic acid groups (broad SMARTS) is 1. The molecule has 84 valence electrons. The summed E-state index contributed by atoms with van der Waals surface area (Å²) >= 11 is 1.13. The van der Waals surface area contributed by atoms with E-state index >= 15 is 0 Å². The third-order valence-corrected chi connectivity index (χ3v) is 2.87. The molecule has 0 aromatic carbocycles. The zero-order valence-electron chi connectivity index (χ0n) is 8.45. The number of carbonyl (C=O) groups is 1. The first-order chi connectivity index (χ1) is 7.68. The van der Waals surface area contributed by atoms with Crippen molar-refractivity contribution < 1.29 is 14.6 Å². The average molecular weight is 239 g/mol. The van der Waals surface area contributed by atoms with E-state index in [0.717, 1.165) is 11.3 Å². The molecule has 1 N–H and O–H groups in total. The molecular weight excluding hydrogens is 230 g/mol. The van der Waals surface area contributed by atoms with Gasteiger partial charge in [-0.25, -0.2) is 9.78 Å². The number of ether oxygens (including phenoxy) is 1. The van der Waals surface area contributed by atoms with Gasteiger partial charge in [0.2, 0.25) is 0 Å². The minimum Gasteiger partial charge on any atom is -0.484 e. The number of rotatable bonds is 4. The maximum atomic E-state index is 10.8. The highest BCUT2D eigenvalue weighted by atomic mass is 32.1. The minimum atomic E-state index is -0.983. The molecule has 0 amide bonds. The fourth-order valence-corrected chi connectivity index (χ4v) is 1.83. The molecule has 2 heterocycles. The van der Waals surface area contributed by atoms with Gasteiger partial charge in [-0.15, -0.1) is 11.3 Å². The summed E-state index contributed by atoms with van der Waals surface area (Å²) in [5, 5.41) is 14.4. The molecule has 0 aliphatic heterocycles. The van der Waals surface area contributed by atoms with Crippen LogP contribution in [0.3, 0.4) is 0 Å². The Balaban J connectivity index is 2.08. The van der Waals surface area contributed by atoms with Gasteiger partial charge in [-0.1, -0.05) is 0 Å². The van der Waals surface area contributed by atoms with Crippen LogP contribution >= 0.6 is 11.3 Å². The smallest absolute Gasteiger partial charge is 0.349 e. The van der Waals surface area contributed by atoms with E-state index < -0.39 is 5.97 Å². The van der Waals surface area contributed by atoms with Gasteiger partial charge >= 0.3 is 5.97 Å². The van der Waals surface area contributed by atoms with E-state index in [1.807, 2.05) is 0 Å². The Morgan fingerprint density at radius 2 is 2.50 bits per heavy atom. The molecule has 0 fully saturated rings. The predicted molar refractivity (Wildman–Crippen MR) is 56.6 cm³/mol. The molecule has 16 heavy (non-hydrogen) atoms. The largest absolute Gasteiger partial charge is 0.484 e. The van der Waals surface area contributed by atoms with E-state index in [4.69, 9.17) is 9.84 Å². The molecule has 0 spiro atoms. The fourth-order valence-electron chi connectivity index (χ4n) is 1.16. The molecule has 0 bridgehead atoms. The third-order valence-electron chi connectivity index (χ3n) is 1.99. The van der Waals surface area contributed by atoms with Crippen LogP contribution in [0.15, 0.2) is 17.8 Å². The van der Waals surface area contributed by atoms with Crippen LogP contribution in [0.25, 0.3) is 0 Å². The van der Waals surface area contributed by atoms with E-state index in [-0.39, 0.29) is 11.5 Å². The van der Waals surface area contributed by atoms with Crippen molar-refractivity contribution in [3.8, 4) is 5.75 Å². The summed E-state index contributed by atoms with van der Waals surface area (Å²) < 4.78 is 6.95. The molecule has 0 radical (unpaired) electrons. The van der Waals surface area contributed by atoms with Crippen LogP contribution in [0.2, 0.25) is 0 Å². The lowest BCUT2D eigenvalue weighted by Crippen LogP contribution is -2.05. The van der Waals surface area contributed by atoms with Crippen LogP contribution in [0, 0.1) is 0 Å². The molecule has 2 rings (SSSR count). The number of aromatic nitrogens is 3. The van der Waals surface area contributed by atoms with Crippen molar-refractivity contribution in [3.63, 3.8) is 0 Å². The second-order valence-electron chi connectivity index (χ2n) is 3.01. The van der Waals surface area contributed by atoms with Gasteiger partial charge in [-0.2, -0.15) is 5.10 Å². The van der Waals surface area contributed by atoms with Crippen LogP contribution in [0.4, 0.5) is 0 Å². The van der Waals surface area contributed by atoms with Crippen LogP contribution in [-0.4, -0.2) is 25.8 Å². The Morgan fingerprint density at radius 1 is 1.69 bits per heavy atom. The molecule has 2 aromatic rings. The molecule has 7 heteroatoms.